The quantitative estimate of drug-likeness (QED) is 0.564. The molecule has 0 amide bonds. The highest BCUT2D eigenvalue weighted by Crippen LogP contribution is 2.10. The van der Waals surface area contributed by atoms with Crippen molar-refractivity contribution in [2.45, 2.75) is 0 Å². The SMILES string of the molecule is CS/C=C\C(=O)c1ccc(Cl)cc1. The molecule has 0 atom stereocenters. The largest absolute Gasteiger partial charge is 0.289 e. The second-order valence-electron chi connectivity index (χ2n) is 2.41. The summed E-state index contributed by atoms with van der Waals surface area (Å²) in [6, 6.07) is 6.86. The Bertz CT molecular complexity index is 316. The maximum absolute atomic E-state index is 11.4. The molecule has 0 aromatic heterocycles. The van der Waals surface area contributed by atoms with Crippen LogP contribution in [0.2, 0.25) is 5.02 Å². The summed E-state index contributed by atoms with van der Waals surface area (Å²) in [5, 5.41) is 2.40. The highest BCUT2D eigenvalue weighted by molar-refractivity contribution is 8.01. The minimum atomic E-state index is 0.00557. The maximum Gasteiger partial charge on any atom is 0.186 e. The molecular formula is C10H9ClOS. The van der Waals surface area contributed by atoms with Crippen LogP contribution in [0.5, 0.6) is 0 Å². The number of carbonyl (C=O) groups excluding carboxylic acids is 1. The lowest BCUT2D eigenvalue weighted by Gasteiger charge is -1.94. The molecule has 0 unspecified atom stereocenters. The summed E-state index contributed by atoms with van der Waals surface area (Å²) in [7, 11) is 0. The Labute approximate surface area is 86.8 Å². The maximum atomic E-state index is 11.4. The number of rotatable bonds is 3. The number of thioether (sulfide) groups is 1. The Kier molecular flexibility index (Phi) is 4.06. The monoisotopic (exact) mass is 212 g/mol. The molecule has 1 rings (SSSR count). The van der Waals surface area contributed by atoms with Gasteiger partial charge in [-0.15, -0.1) is 11.8 Å². The smallest absolute Gasteiger partial charge is 0.186 e. The first-order valence-corrected chi connectivity index (χ1v) is 5.40. The van der Waals surface area contributed by atoms with Gasteiger partial charge in [0.2, 0.25) is 0 Å². The Balaban J connectivity index is 2.78. The van der Waals surface area contributed by atoms with Crippen LogP contribution >= 0.6 is 23.4 Å². The molecule has 0 saturated heterocycles. The molecule has 1 aromatic carbocycles. The van der Waals surface area contributed by atoms with E-state index in [4.69, 9.17) is 11.6 Å². The average molecular weight is 213 g/mol. The van der Waals surface area contributed by atoms with Gasteiger partial charge in [-0.2, -0.15) is 0 Å². The average Bonchev–Trinajstić information content (AvgIpc) is 2.15. The van der Waals surface area contributed by atoms with Crippen LogP contribution in [0, 0.1) is 0 Å². The van der Waals surface area contributed by atoms with E-state index >= 15 is 0 Å². The number of benzene rings is 1. The molecule has 0 N–H and O–H groups in total. The van der Waals surface area contributed by atoms with E-state index in [1.54, 1.807) is 35.7 Å². The van der Waals surface area contributed by atoms with E-state index in [0.29, 0.717) is 10.6 Å². The first kappa shape index (κ1) is 10.4. The van der Waals surface area contributed by atoms with Crippen LogP contribution in [0.4, 0.5) is 0 Å². The summed E-state index contributed by atoms with van der Waals surface area (Å²) < 4.78 is 0. The minimum Gasteiger partial charge on any atom is -0.289 e. The normalized spacial score (nSPS) is 10.6. The second-order valence-corrected chi connectivity index (χ2v) is 3.59. The summed E-state index contributed by atoms with van der Waals surface area (Å²) in [5.74, 6) is 0.00557. The van der Waals surface area contributed by atoms with Gasteiger partial charge in [0, 0.05) is 10.6 Å². The minimum absolute atomic E-state index is 0.00557. The molecule has 0 aliphatic carbocycles. The molecule has 68 valence electrons. The van der Waals surface area contributed by atoms with Gasteiger partial charge in [-0.05, 0) is 42.0 Å². The van der Waals surface area contributed by atoms with Gasteiger partial charge in [-0.3, -0.25) is 4.79 Å². The molecule has 0 fully saturated rings. The fourth-order valence-corrected chi connectivity index (χ4v) is 1.23. The topological polar surface area (TPSA) is 17.1 Å². The lowest BCUT2D eigenvalue weighted by molar-refractivity contribution is 0.104. The zero-order valence-electron chi connectivity index (χ0n) is 7.16. The highest BCUT2D eigenvalue weighted by Gasteiger charge is 1.99. The third-order valence-corrected chi connectivity index (χ3v) is 2.14. The van der Waals surface area contributed by atoms with Crippen LogP contribution in [-0.2, 0) is 0 Å². The predicted octanol–water partition coefficient (Wildman–Crippen LogP) is 3.40. The van der Waals surface area contributed by atoms with Crippen LogP contribution < -0.4 is 0 Å². The van der Waals surface area contributed by atoms with E-state index in [-0.39, 0.29) is 5.78 Å². The summed E-state index contributed by atoms with van der Waals surface area (Å²) in [5.41, 5.74) is 0.662. The van der Waals surface area contributed by atoms with Crippen molar-refractivity contribution in [1.82, 2.24) is 0 Å². The lowest BCUT2D eigenvalue weighted by atomic mass is 10.1. The molecule has 3 heteroatoms. The number of carbonyl (C=O) groups is 1. The molecule has 0 radical (unpaired) electrons. The van der Waals surface area contributed by atoms with Gasteiger partial charge >= 0.3 is 0 Å². The van der Waals surface area contributed by atoms with Crippen molar-refractivity contribution in [3.05, 3.63) is 46.3 Å². The van der Waals surface area contributed by atoms with Crippen LogP contribution in [0.25, 0.3) is 0 Å². The number of allylic oxidation sites excluding steroid dienone is 1. The van der Waals surface area contributed by atoms with E-state index in [0.717, 1.165) is 0 Å². The van der Waals surface area contributed by atoms with E-state index < -0.39 is 0 Å². The molecule has 13 heavy (non-hydrogen) atoms. The van der Waals surface area contributed by atoms with Crippen molar-refractivity contribution in [3.8, 4) is 0 Å². The summed E-state index contributed by atoms with van der Waals surface area (Å²) in [4.78, 5) is 11.4. The van der Waals surface area contributed by atoms with Crippen molar-refractivity contribution in [2.75, 3.05) is 6.26 Å². The van der Waals surface area contributed by atoms with Crippen molar-refractivity contribution < 1.29 is 4.79 Å². The standard InChI is InChI=1S/C10H9ClOS/c1-13-7-6-10(12)8-2-4-9(11)5-3-8/h2-7H,1H3/b7-6-. The Morgan fingerprint density at radius 3 is 2.54 bits per heavy atom. The van der Waals surface area contributed by atoms with E-state index in [1.807, 2.05) is 6.26 Å². The van der Waals surface area contributed by atoms with Gasteiger partial charge in [-0.1, -0.05) is 11.6 Å². The number of halogens is 1. The van der Waals surface area contributed by atoms with Crippen molar-refractivity contribution >= 4 is 29.1 Å². The van der Waals surface area contributed by atoms with Gasteiger partial charge < -0.3 is 0 Å². The van der Waals surface area contributed by atoms with Gasteiger partial charge in [-0.25, -0.2) is 0 Å². The highest BCUT2D eigenvalue weighted by atomic mass is 35.5. The van der Waals surface area contributed by atoms with Crippen LogP contribution in [0.15, 0.2) is 35.7 Å². The number of hydrogen-bond donors (Lipinski definition) is 0. The number of hydrogen-bond acceptors (Lipinski definition) is 2. The van der Waals surface area contributed by atoms with Gasteiger partial charge in [0.05, 0.1) is 0 Å². The molecule has 1 nitrogen and oxygen atoms in total. The third kappa shape index (κ3) is 3.25. The Morgan fingerprint density at radius 1 is 1.38 bits per heavy atom. The molecule has 0 spiro atoms. The summed E-state index contributed by atoms with van der Waals surface area (Å²) in [6.07, 6.45) is 3.46. The molecule has 0 saturated carbocycles. The first-order chi connectivity index (χ1) is 6.24. The van der Waals surface area contributed by atoms with Gasteiger partial charge in [0.1, 0.15) is 0 Å². The molecule has 0 bridgehead atoms. The number of ketones is 1. The van der Waals surface area contributed by atoms with E-state index in [2.05, 4.69) is 0 Å². The van der Waals surface area contributed by atoms with Gasteiger partial charge in [0.25, 0.3) is 0 Å². The van der Waals surface area contributed by atoms with E-state index in [1.165, 1.54) is 11.8 Å². The van der Waals surface area contributed by atoms with Gasteiger partial charge in [0.15, 0.2) is 5.78 Å². The first-order valence-electron chi connectivity index (χ1n) is 3.73. The second kappa shape index (κ2) is 5.10. The third-order valence-electron chi connectivity index (χ3n) is 1.48. The summed E-state index contributed by atoms with van der Waals surface area (Å²) in [6.45, 7) is 0. The van der Waals surface area contributed by atoms with Crippen LogP contribution in [-0.4, -0.2) is 12.0 Å². The fourth-order valence-electron chi connectivity index (χ4n) is 0.840. The van der Waals surface area contributed by atoms with Crippen molar-refractivity contribution in [2.24, 2.45) is 0 Å². The predicted molar refractivity (Wildman–Crippen MR) is 58.4 cm³/mol. The molecule has 0 aliphatic rings. The molecule has 1 aromatic rings. The summed E-state index contributed by atoms with van der Waals surface area (Å²) >= 11 is 7.19. The van der Waals surface area contributed by atoms with Crippen molar-refractivity contribution in [3.63, 3.8) is 0 Å². The zero-order chi connectivity index (χ0) is 9.68. The van der Waals surface area contributed by atoms with Crippen LogP contribution in [0.3, 0.4) is 0 Å². The molecule has 0 heterocycles. The fraction of sp³-hybridized carbons (Fsp3) is 0.100. The Hall–Kier alpha value is -0.730. The Morgan fingerprint density at radius 2 is 2.00 bits per heavy atom. The van der Waals surface area contributed by atoms with Crippen LogP contribution in [0.1, 0.15) is 10.4 Å². The lowest BCUT2D eigenvalue weighted by Crippen LogP contribution is -1.92. The zero-order valence-corrected chi connectivity index (χ0v) is 8.73. The molecular weight excluding hydrogens is 204 g/mol. The van der Waals surface area contributed by atoms with Crippen molar-refractivity contribution in [1.29, 1.82) is 0 Å². The van der Waals surface area contributed by atoms with E-state index in [9.17, 15) is 4.79 Å². The molecule has 0 aliphatic heterocycles.